The van der Waals surface area contributed by atoms with Crippen LogP contribution in [-0.2, 0) is 0 Å². The SMILES string of the molecule is CSc1nc(N)cc(NCC2(O)CCC(C)CC2)n1. The molecule has 1 aliphatic carbocycles. The van der Waals surface area contributed by atoms with Crippen LogP contribution in [0.3, 0.4) is 0 Å². The first-order valence-corrected chi connectivity index (χ1v) is 7.88. The molecule has 19 heavy (non-hydrogen) atoms. The molecule has 0 radical (unpaired) electrons. The quantitative estimate of drug-likeness (QED) is 0.579. The minimum atomic E-state index is -0.619. The highest BCUT2D eigenvalue weighted by molar-refractivity contribution is 7.98. The smallest absolute Gasteiger partial charge is 0.191 e. The van der Waals surface area contributed by atoms with Gasteiger partial charge in [0, 0.05) is 12.6 Å². The summed E-state index contributed by atoms with van der Waals surface area (Å²) in [5.74, 6) is 1.85. The van der Waals surface area contributed by atoms with E-state index < -0.39 is 5.60 Å². The number of nitrogens with two attached hydrogens (primary N) is 1. The van der Waals surface area contributed by atoms with Crippen molar-refractivity contribution in [2.24, 2.45) is 5.92 Å². The fourth-order valence-electron chi connectivity index (χ4n) is 2.36. The van der Waals surface area contributed by atoms with Gasteiger partial charge in [-0.15, -0.1) is 0 Å². The van der Waals surface area contributed by atoms with Gasteiger partial charge in [0.2, 0.25) is 0 Å². The van der Waals surface area contributed by atoms with Gasteiger partial charge in [0.15, 0.2) is 5.16 Å². The molecular formula is C13H22N4OS. The highest BCUT2D eigenvalue weighted by atomic mass is 32.2. The van der Waals surface area contributed by atoms with Crippen LogP contribution in [-0.4, -0.2) is 33.5 Å². The normalized spacial score (nSPS) is 27.2. The topological polar surface area (TPSA) is 84.1 Å². The Bertz CT molecular complexity index is 433. The van der Waals surface area contributed by atoms with Gasteiger partial charge in [-0.3, -0.25) is 0 Å². The first-order valence-electron chi connectivity index (χ1n) is 6.65. The van der Waals surface area contributed by atoms with Gasteiger partial charge >= 0.3 is 0 Å². The van der Waals surface area contributed by atoms with Crippen molar-refractivity contribution in [1.82, 2.24) is 9.97 Å². The Balaban J connectivity index is 1.96. The second-order valence-electron chi connectivity index (χ2n) is 5.43. The molecule has 1 saturated carbocycles. The second-order valence-corrected chi connectivity index (χ2v) is 6.20. The predicted molar refractivity (Wildman–Crippen MR) is 79.3 cm³/mol. The molecule has 1 aromatic rings. The molecule has 0 aromatic carbocycles. The minimum absolute atomic E-state index is 0.450. The lowest BCUT2D eigenvalue weighted by Gasteiger charge is -2.35. The van der Waals surface area contributed by atoms with Crippen LogP contribution in [0.1, 0.15) is 32.6 Å². The number of nitrogens with one attached hydrogen (secondary N) is 1. The Morgan fingerprint density at radius 3 is 2.79 bits per heavy atom. The van der Waals surface area contributed by atoms with Crippen molar-refractivity contribution in [2.45, 2.75) is 43.4 Å². The van der Waals surface area contributed by atoms with E-state index in [4.69, 9.17) is 5.73 Å². The molecule has 0 atom stereocenters. The number of hydrogen-bond acceptors (Lipinski definition) is 6. The van der Waals surface area contributed by atoms with Gasteiger partial charge in [-0.2, -0.15) is 0 Å². The zero-order valence-electron chi connectivity index (χ0n) is 11.5. The number of thioether (sulfide) groups is 1. The monoisotopic (exact) mass is 282 g/mol. The van der Waals surface area contributed by atoms with Gasteiger partial charge < -0.3 is 16.2 Å². The average Bonchev–Trinajstić information content (AvgIpc) is 2.40. The summed E-state index contributed by atoms with van der Waals surface area (Å²) in [7, 11) is 0. The van der Waals surface area contributed by atoms with E-state index in [1.165, 1.54) is 11.8 Å². The first-order chi connectivity index (χ1) is 9.00. The Morgan fingerprint density at radius 2 is 2.16 bits per heavy atom. The van der Waals surface area contributed by atoms with Crippen molar-refractivity contribution in [3.05, 3.63) is 6.07 Å². The van der Waals surface area contributed by atoms with Gasteiger partial charge in [-0.05, 0) is 37.9 Å². The first kappa shape index (κ1) is 14.4. The molecule has 1 fully saturated rings. The lowest BCUT2D eigenvalue weighted by molar-refractivity contribution is 0.00494. The molecule has 0 bridgehead atoms. The highest BCUT2D eigenvalue weighted by Gasteiger charge is 2.31. The van der Waals surface area contributed by atoms with Crippen LogP contribution in [0.15, 0.2) is 11.2 Å². The Kier molecular flexibility index (Phi) is 4.52. The largest absolute Gasteiger partial charge is 0.388 e. The van der Waals surface area contributed by atoms with Crippen molar-refractivity contribution in [3.8, 4) is 0 Å². The number of nitrogens with zero attached hydrogens (tertiary/aromatic N) is 2. The van der Waals surface area contributed by atoms with Crippen molar-refractivity contribution in [1.29, 1.82) is 0 Å². The van der Waals surface area contributed by atoms with Crippen molar-refractivity contribution < 1.29 is 5.11 Å². The van der Waals surface area contributed by atoms with Crippen molar-refractivity contribution in [3.63, 3.8) is 0 Å². The molecule has 1 aliphatic rings. The van der Waals surface area contributed by atoms with Crippen LogP contribution < -0.4 is 11.1 Å². The number of nitrogen functional groups attached to an aromatic ring is 1. The third-order valence-corrected chi connectivity index (χ3v) is 4.26. The molecular weight excluding hydrogens is 260 g/mol. The van der Waals surface area contributed by atoms with Crippen molar-refractivity contribution in [2.75, 3.05) is 23.9 Å². The molecule has 4 N–H and O–H groups in total. The third kappa shape index (κ3) is 3.98. The highest BCUT2D eigenvalue weighted by Crippen LogP contribution is 2.32. The van der Waals surface area contributed by atoms with Crippen LogP contribution in [0.25, 0.3) is 0 Å². The minimum Gasteiger partial charge on any atom is -0.388 e. The molecule has 5 nitrogen and oxygen atoms in total. The summed E-state index contributed by atoms with van der Waals surface area (Å²) >= 11 is 1.45. The summed E-state index contributed by atoms with van der Waals surface area (Å²) in [6, 6.07) is 1.70. The summed E-state index contributed by atoms with van der Waals surface area (Å²) in [5.41, 5.74) is 5.11. The Labute approximate surface area is 118 Å². The number of rotatable bonds is 4. The molecule has 0 amide bonds. The summed E-state index contributed by atoms with van der Waals surface area (Å²) in [4.78, 5) is 8.43. The molecule has 0 unspecified atom stereocenters. The third-order valence-electron chi connectivity index (χ3n) is 3.71. The van der Waals surface area contributed by atoms with E-state index in [0.717, 1.165) is 31.6 Å². The average molecular weight is 282 g/mol. The molecule has 1 aromatic heterocycles. The van der Waals surface area contributed by atoms with Crippen LogP contribution >= 0.6 is 11.8 Å². The van der Waals surface area contributed by atoms with E-state index in [1.807, 2.05) is 6.26 Å². The van der Waals surface area contributed by atoms with Gasteiger partial charge in [-0.25, -0.2) is 9.97 Å². The van der Waals surface area contributed by atoms with Crippen LogP contribution in [0.2, 0.25) is 0 Å². The summed E-state index contributed by atoms with van der Waals surface area (Å²) < 4.78 is 0. The van der Waals surface area contributed by atoms with Crippen molar-refractivity contribution >= 4 is 23.4 Å². The maximum Gasteiger partial charge on any atom is 0.191 e. The van der Waals surface area contributed by atoms with Gasteiger partial charge in [0.05, 0.1) is 5.60 Å². The molecule has 1 heterocycles. The molecule has 0 saturated heterocycles. The number of aromatic nitrogens is 2. The van der Waals surface area contributed by atoms with Gasteiger partial charge in [0.25, 0.3) is 0 Å². The predicted octanol–water partition coefficient (Wildman–Crippen LogP) is 2.13. The van der Waals surface area contributed by atoms with Gasteiger partial charge in [-0.1, -0.05) is 18.7 Å². The molecule has 0 spiro atoms. The zero-order chi connectivity index (χ0) is 13.9. The molecule has 6 heteroatoms. The summed E-state index contributed by atoms with van der Waals surface area (Å²) in [6.45, 7) is 2.76. The van der Waals surface area contributed by atoms with E-state index in [-0.39, 0.29) is 0 Å². The van der Waals surface area contributed by atoms with E-state index in [9.17, 15) is 5.11 Å². The van der Waals surface area contributed by atoms with E-state index >= 15 is 0 Å². The van der Waals surface area contributed by atoms with E-state index in [0.29, 0.717) is 23.3 Å². The molecule has 106 valence electrons. The fraction of sp³-hybridized carbons (Fsp3) is 0.692. The standard InChI is InChI=1S/C13H22N4OS/c1-9-3-5-13(18,6-4-9)8-15-11-7-10(14)16-12(17-11)19-2/h7,9,18H,3-6,8H2,1-2H3,(H3,14,15,16,17). The van der Waals surface area contributed by atoms with Crippen LogP contribution in [0, 0.1) is 5.92 Å². The molecule has 2 rings (SSSR count). The zero-order valence-corrected chi connectivity index (χ0v) is 12.3. The lowest BCUT2D eigenvalue weighted by Crippen LogP contribution is -2.40. The maximum atomic E-state index is 10.5. The molecule has 0 aliphatic heterocycles. The lowest BCUT2D eigenvalue weighted by atomic mass is 9.79. The Morgan fingerprint density at radius 1 is 1.47 bits per heavy atom. The second kappa shape index (κ2) is 5.96. The van der Waals surface area contributed by atoms with Crippen LogP contribution in [0.4, 0.5) is 11.6 Å². The maximum absolute atomic E-state index is 10.5. The van der Waals surface area contributed by atoms with E-state index in [2.05, 4.69) is 22.2 Å². The Hall–Kier alpha value is -1.01. The van der Waals surface area contributed by atoms with E-state index in [1.54, 1.807) is 6.07 Å². The van der Waals surface area contributed by atoms with Gasteiger partial charge in [0.1, 0.15) is 11.6 Å². The number of aliphatic hydroxyl groups is 1. The number of anilines is 2. The number of hydrogen-bond donors (Lipinski definition) is 3. The summed E-state index contributed by atoms with van der Waals surface area (Å²) in [5, 5.41) is 14.3. The fourth-order valence-corrected chi connectivity index (χ4v) is 2.74. The van der Waals surface area contributed by atoms with Crippen LogP contribution in [0.5, 0.6) is 0 Å². The summed E-state index contributed by atoms with van der Waals surface area (Å²) in [6.07, 6.45) is 5.77.